The Kier molecular flexibility index (Phi) is 4.51. The van der Waals surface area contributed by atoms with E-state index < -0.39 is 18.0 Å². The van der Waals surface area contributed by atoms with E-state index in [0.29, 0.717) is 31.6 Å². The number of aryl methyl sites for hydroxylation is 2. The van der Waals surface area contributed by atoms with Crippen molar-refractivity contribution in [3.8, 4) is 5.75 Å². The van der Waals surface area contributed by atoms with Crippen LogP contribution in [0.4, 0.5) is 8.78 Å². The highest BCUT2D eigenvalue weighted by molar-refractivity contribution is 5.76. The number of likely N-dealkylation sites (tertiary alicyclic amines) is 1. The van der Waals surface area contributed by atoms with Crippen LogP contribution in [-0.4, -0.2) is 35.7 Å². The van der Waals surface area contributed by atoms with Crippen molar-refractivity contribution in [3.05, 3.63) is 28.8 Å². The summed E-state index contributed by atoms with van der Waals surface area (Å²) in [5, 5.41) is 9.66. The second-order valence-electron chi connectivity index (χ2n) is 7.14. The first kappa shape index (κ1) is 17.1. The fourth-order valence-corrected chi connectivity index (χ4v) is 4.28. The van der Waals surface area contributed by atoms with E-state index in [-0.39, 0.29) is 11.7 Å². The molecule has 0 aromatic heterocycles. The Bertz CT molecular complexity index is 649. The molecular formula is C18H23F2NO3. The minimum Gasteiger partial charge on any atom is -0.481 e. The van der Waals surface area contributed by atoms with Crippen LogP contribution < -0.4 is 4.74 Å². The molecule has 1 heterocycles. The maximum atomic E-state index is 12.7. The molecule has 6 heteroatoms. The SMILES string of the molecule is Cc1cc(CN2C[C@@H]3CCC[C@@]3(C(=O)O)C2)c(OC(F)F)cc1C. The molecule has 0 spiro atoms. The lowest BCUT2D eigenvalue weighted by Gasteiger charge is -2.24. The lowest BCUT2D eigenvalue weighted by Crippen LogP contribution is -2.35. The lowest BCUT2D eigenvalue weighted by atomic mass is 9.81. The van der Waals surface area contributed by atoms with Gasteiger partial charge in [0.25, 0.3) is 0 Å². The van der Waals surface area contributed by atoms with Crippen LogP contribution in [-0.2, 0) is 11.3 Å². The van der Waals surface area contributed by atoms with Gasteiger partial charge in [-0.2, -0.15) is 8.78 Å². The highest BCUT2D eigenvalue weighted by Gasteiger charge is 2.54. The third-order valence-corrected chi connectivity index (χ3v) is 5.65. The van der Waals surface area contributed by atoms with Gasteiger partial charge in [0.2, 0.25) is 0 Å². The number of carboxylic acid groups (broad SMARTS) is 1. The Morgan fingerprint density at radius 1 is 1.42 bits per heavy atom. The quantitative estimate of drug-likeness (QED) is 0.891. The van der Waals surface area contributed by atoms with E-state index in [1.165, 1.54) is 0 Å². The number of benzene rings is 1. The second-order valence-corrected chi connectivity index (χ2v) is 7.14. The first-order valence-electron chi connectivity index (χ1n) is 8.32. The number of alkyl halides is 2. The number of hydrogen-bond donors (Lipinski definition) is 1. The van der Waals surface area contributed by atoms with Gasteiger partial charge in [-0.25, -0.2) is 0 Å². The number of nitrogens with zero attached hydrogens (tertiary/aromatic N) is 1. The molecule has 0 bridgehead atoms. The number of aliphatic carboxylic acids is 1. The van der Waals surface area contributed by atoms with Gasteiger partial charge in [0.05, 0.1) is 5.41 Å². The summed E-state index contributed by atoms with van der Waals surface area (Å²) in [5.74, 6) is -0.382. The fraction of sp³-hybridized carbons (Fsp3) is 0.611. The van der Waals surface area contributed by atoms with E-state index in [1.54, 1.807) is 6.07 Å². The van der Waals surface area contributed by atoms with Gasteiger partial charge in [-0.3, -0.25) is 9.69 Å². The van der Waals surface area contributed by atoms with E-state index in [9.17, 15) is 18.7 Å². The number of carboxylic acids is 1. The molecule has 1 aromatic carbocycles. The molecule has 2 fully saturated rings. The van der Waals surface area contributed by atoms with Crippen LogP contribution in [0, 0.1) is 25.2 Å². The third kappa shape index (κ3) is 2.99. The molecular weight excluding hydrogens is 316 g/mol. The highest BCUT2D eigenvalue weighted by atomic mass is 19.3. The number of hydrogen-bond acceptors (Lipinski definition) is 3. The summed E-state index contributed by atoms with van der Waals surface area (Å²) in [5.41, 5.74) is 1.94. The number of halogens is 2. The topological polar surface area (TPSA) is 49.8 Å². The van der Waals surface area contributed by atoms with Crippen LogP contribution in [0.1, 0.15) is 36.0 Å². The lowest BCUT2D eigenvalue weighted by molar-refractivity contribution is -0.149. The summed E-state index contributed by atoms with van der Waals surface area (Å²) in [4.78, 5) is 13.8. The predicted octanol–water partition coefficient (Wildman–Crippen LogP) is 3.59. The summed E-state index contributed by atoms with van der Waals surface area (Å²) in [7, 11) is 0. The standard InChI is InChI=1S/C18H23F2NO3/c1-11-6-13(15(7-12(11)2)24-17(19)20)8-21-9-14-4-3-5-18(14,10-21)16(22)23/h6-7,14,17H,3-5,8-10H2,1-2H3,(H,22,23)/t14-,18+/m0/s1. The molecule has 2 aliphatic rings. The summed E-state index contributed by atoms with van der Waals surface area (Å²) < 4.78 is 30.1. The first-order chi connectivity index (χ1) is 11.3. The maximum absolute atomic E-state index is 12.7. The first-order valence-corrected chi connectivity index (χ1v) is 8.32. The van der Waals surface area contributed by atoms with Crippen LogP contribution in [0.15, 0.2) is 12.1 Å². The number of carbonyl (C=O) groups is 1. The molecule has 1 aliphatic heterocycles. The molecule has 2 atom stereocenters. The molecule has 1 aromatic rings. The van der Waals surface area contributed by atoms with Gasteiger partial charge in [-0.05, 0) is 49.8 Å². The molecule has 0 unspecified atom stereocenters. The van der Waals surface area contributed by atoms with Crippen LogP contribution >= 0.6 is 0 Å². The summed E-state index contributed by atoms with van der Waals surface area (Å²) in [6.07, 6.45) is 2.58. The van der Waals surface area contributed by atoms with Crippen molar-refractivity contribution in [2.24, 2.45) is 11.3 Å². The zero-order valence-corrected chi connectivity index (χ0v) is 14.0. The summed E-state index contributed by atoms with van der Waals surface area (Å²) in [6.45, 7) is 2.55. The van der Waals surface area contributed by atoms with Gasteiger partial charge >= 0.3 is 12.6 Å². The van der Waals surface area contributed by atoms with Crippen LogP contribution in [0.3, 0.4) is 0 Å². The van der Waals surface area contributed by atoms with Crippen molar-refractivity contribution in [2.75, 3.05) is 13.1 Å². The third-order valence-electron chi connectivity index (χ3n) is 5.65. The van der Waals surface area contributed by atoms with Gasteiger partial charge in [-0.15, -0.1) is 0 Å². The maximum Gasteiger partial charge on any atom is 0.387 e. The molecule has 0 amide bonds. The Balaban J connectivity index is 1.82. The highest BCUT2D eigenvalue weighted by Crippen LogP contribution is 2.49. The normalized spacial score (nSPS) is 26.8. The molecule has 1 aliphatic carbocycles. The average Bonchev–Trinajstić information content (AvgIpc) is 3.01. The van der Waals surface area contributed by atoms with Crippen molar-refractivity contribution in [1.82, 2.24) is 4.90 Å². The van der Waals surface area contributed by atoms with E-state index >= 15 is 0 Å². The average molecular weight is 339 g/mol. The molecule has 1 N–H and O–H groups in total. The van der Waals surface area contributed by atoms with Gasteiger partial charge in [0.1, 0.15) is 5.75 Å². The zero-order chi connectivity index (χ0) is 17.5. The van der Waals surface area contributed by atoms with Crippen molar-refractivity contribution in [2.45, 2.75) is 46.3 Å². The number of ether oxygens (including phenoxy) is 1. The minimum atomic E-state index is -2.87. The van der Waals surface area contributed by atoms with Crippen molar-refractivity contribution in [1.29, 1.82) is 0 Å². The van der Waals surface area contributed by atoms with Gasteiger partial charge in [-0.1, -0.05) is 12.5 Å². The van der Waals surface area contributed by atoms with Gasteiger partial charge in [0, 0.05) is 25.2 Å². The Labute approximate surface area is 140 Å². The van der Waals surface area contributed by atoms with Crippen molar-refractivity contribution < 1.29 is 23.4 Å². The molecule has 132 valence electrons. The molecule has 4 nitrogen and oxygen atoms in total. The monoisotopic (exact) mass is 339 g/mol. The molecule has 24 heavy (non-hydrogen) atoms. The molecule has 1 saturated heterocycles. The van der Waals surface area contributed by atoms with E-state index in [0.717, 1.165) is 24.0 Å². The van der Waals surface area contributed by atoms with E-state index in [1.807, 2.05) is 19.9 Å². The Morgan fingerprint density at radius 3 is 2.75 bits per heavy atom. The van der Waals surface area contributed by atoms with Crippen LogP contribution in [0.2, 0.25) is 0 Å². The van der Waals surface area contributed by atoms with E-state index in [4.69, 9.17) is 0 Å². The van der Waals surface area contributed by atoms with Gasteiger partial charge < -0.3 is 9.84 Å². The van der Waals surface area contributed by atoms with E-state index in [2.05, 4.69) is 9.64 Å². The van der Waals surface area contributed by atoms with Crippen LogP contribution in [0.5, 0.6) is 5.75 Å². The van der Waals surface area contributed by atoms with Crippen LogP contribution in [0.25, 0.3) is 0 Å². The second kappa shape index (κ2) is 6.31. The largest absolute Gasteiger partial charge is 0.481 e. The van der Waals surface area contributed by atoms with Gasteiger partial charge in [0.15, 0.2) is 0 Å². The molecule has 1 saturated carbocycles. The predicted molar refractivity (Wildman–Crippen MR) is 85.2 cm³/mol. The molecule has 0 radical (unpaired) electrons. The Morgan fingerprint density at radius 2 is 2.12 bits per heavy atom. The van der Waals surface area contributed by atoms with Crippen molar-refractivity contribution >= 4 is 5.97 Å². The molecule has 3 rings (SSSR count). The number of rotatable bonds is 5. The summed E-state index contributed by atoms with van der Waals surface area (Å²) >= 11 is 0. The smallest absolute Gasteiger partial charge is 0.387 e. The fourth-order valence-electron chi connectivity index (χ4n) is 4.28. The van der Waals surface area contributed by atoms with Crippen molar-refractivity contribution in [3.63, 3.8) is 0 Å². The number of fused-ring (bicyclic) bond motifs is 1. The zero-order valence-electron chi connectivity index (χ0n) is 14.0. The summed E-state index contributed by atoms with van der Waals surface area (Å²) in [6, 6.07) is 3.51. The minimum absolute atomic E-state index is 0.154. The Hall–Kier alpha value is -1.69.